The Morgan fingerprint density at radius 2 is 1.92 bits per heavy atom. The quantitative estimate of drug-likeness (QED) is 0.584. The number of carbonyl (C=O) groups is 1. The van der Waals surface area contributed by atoms with E-state index in [1.165, 1.54) is 6.08 Å². The van der Waals surface area contributed by atoms with E-state index in [-0.39, 0.29) is 5.78 Å². The summed E-state index contributed by atoms with van der Waals surface area (Å²) in [7, 11) is 0. The van der Waals surface area contributed by atoms with Crippen LogP contribution in [0.2, 0.25) is 0 Å². The third-order valence-corrected chi connectivity index (χ3v) is 3.66. The maximum absolute atomic E-state index is 11.0. The zero-order valence-electron chi connectivity index (χ0n) is 13.2. The van der Waals surface area contributed by atoms with E-state index in [1.807, 2.05) is 48.5 Å². The number of aliphatic hydroxyl groups is 1. The number of hydrogen-bond donors (Lipinski definition) is 3. The average molecular weight is 321 g/mol. The van der Waals surface area contributed by atoms with Crippen molar-refractivity contribution in [2.24, 2.45) is 0 Å². The van der Waals surface area contributed by atoms with Crippen LogP contribution >= 0.6 is 0 Å². The highest BCUT2D eigenvalue weighted by molar-refractivity contribution is 5.94. The fourth-order valence-corrected chi connectivity index (χ4v) is 2.40. The summed E-state index contributed by atoms with van der Waals surface area (Å²) in [4.78, 5) is 18.9. The van der Waals surface area contributed by atoms with Crippen LogP contribution in [0.25, 0.3) is 17.1 Å². The highest BCUT2D eigenvalue weighted by Crippen LogP contribution is 2.10. The third-order valence-electron chi connectivity index (χ3n) is 3.66. The van der Waals surface area contributed by atoms with Crippen LogP contribution in [0, 0.1) is 0 Å². The van der Waals surface area contributed by atoms with Gasteiger partial charge in [-0.15, -0.1) is 0 Å². The van der Waals surface area contributed by atoms with Crippen molar-refractivity contribution in [3.8, 4) is 0 Å². The molecular weight excluding hydrogens is 302 g/mol. The first-order valence-corrected chi connectivity index (χ1v) is 7.79. The van der Waals surface area contributed by atoms with E-state index in [1.54, 1.807) is 6.08 Å². The van der Waals surface area contributed by atoms with Crippen LogP contribution in [0.15, 0.2) is 54.6 Å². The Kier molecular flexibility index (Phi) is 5.15. The van der Waals surface area contributed by atoms with Gasteiger partial charge in [-0.1, -0.05) is 42.5 Å². The molecule has 0 atom stereocenters. The lowest BCUT2D eigenvalue weighted by Crippen LogP contribution is -2.13. The Balaban J connectivity index is 1.53. The highest BCUT2D eigenvalue weighted by Gasteiger charge is 2.01. The number of imidazole rings is 1. The van der Waals surface area contributed by atoms with Gasteiger partial charge in [-0.2, -0.15) is 0 Å². The Morgan fingerprint density at radius 3 is 2.67 bits per heavy atom. The molecular formula is C19H19N3O2. The molecule has 0 radical (unpaired) electrons. The second-order valence-electron chi connectivity index (χ2n) is 5.50. The zero-order valence-corrected chi connectivity index (χ0v) is 13.2. The number of rotatable bonds is 7. The molecule has 0 bridgehead atoms. The largest absolute Gasteiger partial charge is 0.388 e. The summed E-state index contributed by atoms with van der Waals surface area (Å²) in [6, 6.07) is 15.9. The molecule has 2 aromatic carbocycles. The van der Waals surface area contributed by atoms with Gasteiger partial charge in [0.2, 0.25) is 0 Å². The van der Waals surface area contributed by atoms with Gasteiger partial charge in [-0.25, -0.2) is 4.98 Å². The van der Waals surface area contributed by atoms with Crippen LogP contribution in [-0.2, 0) is 17.9 Å². The molecule has 1 aromatic heterocycles. The van der Waals surface area contributed by atoms with Gasteiger partial charge in [0.25, 0.3) is 0 Å². The van der Waals surface area contributed by atoms with Gasteiger partial charge in [0.05, 0.1) is 17.6 Å². The standard InChI is InChI=1S/C19H19N3O2/c23-13-16(24)10-9-14-5-7-15(8-6-14)11-20-12-19-21-17-3-1-2-4-18(17)22-19/h1-10,20,23H,11-13H2,(H,21,22)/b10-9+. The first-order valence-electron chi connectivity index (χ1n) is 7.79. The molecule has 1 heterocycles. The van der Waals surface area contributed by atoms with E-state index >= 15 is 0 Å². The Hall–Kier alpha value is -2.76. The van der Waals surface area contributed by atoms with Gasteiger partial charge in [0.15, 0.2) is 5.78 Å². The van der Waals surface area contributed by atoms with Crippen molar-refractivity contribution < 1.29 is 9.90 Å². The SMILES string of the molecule is O=C(/C=C/c1ccc(CNCc2nc3ccccc3[nH]2)cc1)CO. The van der Waals surface area contributed by atoms with E-state index in [2.05, 4.69) is 15.3 Å². The van der Waals surface area contributed by atoms with Crippen LogP contribution in [0.4, 0.5) is 0 Å². The number of aliphatic hydroxyl groups excluding tert-OH is 1. The summed E-state index contributed by atoms with van der Waals surface area (Å²) in [6.45, 7) is 0.943. The van der Waals surface area contributed by atoms with Crippen molar-refractivity contribution in [3.05, 3.63) is 71.6 Å². The maximum Gasteiger partial charge on any atom is 0.181 e. The lowest BCUT2D eigenvalue weighted by molar-refractivity contribution is -0.117. The van der Waals surface area contributed by atoms with E-state index in [9.17, 15) is 4.79 Å². The van der Waals surface area contributed by atoms with Gasteiger partial charge in [0, 0.05) is 6.54 Å². The van der Waals surface area contributed by atoms with Crippen LogP contribution in [0.5, 0.6) is 0 Å². The first-order chi connectivity index (χ1) is 11.7. The molecule has 3 aromatic rings. The molecule has 3 N–H and O–H groups in total. The third kappa shape index (κ3) is 4.16. The molecule has 0 unspecified atom stereocenters. The molecule has 0 aliphatic rings. The number of H-pyrrole nitrogens is 1. The molecule has 0 spiro atoms. The minimum atomic E-state index is -0.458. The molecule has 122 valence electrons. The number of aromatic amines is 1. The minimum absolute atomic E-state index is 0.299. The Labute approximate surface area is 140 Å². The fraction of sp³-hybridized carbons (Fsp3) is 0.158. The normalized spacial score (nSPS) is 11.4. The summed E-state index contributed by atoms with van der Waals surface area (Å²) < 4.78 is 0. The number of benzene rings is 2. The molecule has 0 aliphatic heterocycles. The van der Waals surface area contributed by atoms with Crippen molar-refractivity contribution in [1.82, 2.24) is 15.3 Å². The van der Waals surface area contributed by atoms with Crippen molar-refractivity contribution in [3.63, 3.8) is 0 Å². The number of para-hydroxylation sites is 2. The number of carbonyl (C=O) groups excluding carboxylic acids is 1. The minimum Gasteiger partial charge on any atom is -0.388 e. The topological polar surface area (TPSA) is 78.0 Å². The van der Waals surface area contributed by atoms with Crippen molar-refractivity contribution >= 4 is 22.9 Å². The zero-order chi connectivity index (χ0) is 16.8. The first kappa shape index (κ1) is 16.1. The monoisotopic (exact) mass is 321 g/mol. The number of fused-ring (bicyclic) bond motifs is 1. The summed E-state index contributed by atoms with van der Waals surface area (Å²) in [5, 5.41) is 12.0. The molecule has 0 saturated carbocycles. The Bertz CT molecular complexity index is 817. The number of hydrogen-bond acceptors (Lipinski definition) is 4. The molecule has 0 aliphatic carbocycles. The predicted octanol–water partition coefficient (Wildman–Crippen LogP) is 2.43. The summed E-state index contributed by atoms with van der Waals surface area (Å²) >= 11 is 0. The summed E-state index contributed by atoms with van der Waals surface area (Å²) in [5.74, 6) is 0.616. The average Bonchev–Trinajstić information content (AvgIpc) is 3.03. The molecule has 0 amide bonds. The van der Waals surface area contributed by atoms with E-state index in [0.717, 1.165) is 34.5 Å². The van der Waals surface area contributed by atoms with Gasteiger partial charge >= 0.3 is 0 Å². The molecule has 5 heteroatoms. The molecule has 0 fully saturated rings. The number of ketones is 1. The number of nitrogens with one attached hydrogen (secondary N) is 2. The van der Waals surface area contributed by atoms with Crippen molar-refractivity contribution in [2.45, 2.75) is 13.1 Å². The summed E-state index contributed by atoms with van der Waals surface area (Å²) in [6.07, 6.45) is 3.08. The van der Waals surface area contributed by atoms with Crippen LogP contribution in [0.1, 0.15) is 17.0 Å². The fourth-order valence-electron chi connectivity index (χ4n) is 2.40. The highest BCUT2D eigenvalue weighted by atomic mass is 16.3. The van der Waals surface area contributed by atoms with Crippen molar-refractivity contribution in [2.75, 3.05) is 6.61 Å². The smallest absolute Gasteiger partial charge is 0.181 e. The molecule has 0 saturated heterocycles. The van der Waals surface area contributed by atoms with E-state index in [0.29, 0.717) is 6.54 Å². The van der Waals surface area contributed by atoms with Crippen LogP contribution in [0.3, 0.4) is 0 Å². The van der Waals surface area contributed by atoms with Gasteiger partial charge in [-0.05, 0) is 29.3 Å². The lowest BCUT2D eigenvalue weighted by atomic mass is 10.1. The molecule has 3 rings (SSSR count). The Morgan fingerprint density at radius 1 is 1.12 bits per heavy atom. The van der Waals surface area contributed by atoms with Gasteiger partial charge in [-0.3, -0.25) is 4.79 Å². The van der Waals surface area contributed by atoms with Gasteiger partial charge < -0.3 is 15.4 Å². The number of nitrogens with zero attached hydrogens (tertiary/aromatic N) is 1. The predicted molar refractivity (Wildman–Crippen MR) is 94.2 cm³/mol. The van der Waals surface area contributed by atoms with E-state index in [4.69, 9.17) is 5.11 Å². The van der Waals surface area contributed by atoms with Crippen LogP contribution in [-0.4, -0.2) is 27.5 Å². The molecule has 5 nitrogen and oxygen atoms in total. The molecule has 24 heavy (non-hydrogen) atoms. The second kappa shape index (κ2) is 7.68. The lowest BCUT2D eigenvalue weighted by Gasteiger charge is -2.03. The van der Waals surface area contributed by atoms with Gasteiger partial charge in [0.1, 0.15) is 12.4 Å². The number of aromatic nitrogens is 2. The van der Waals surface area contributed by atoms with Crippen molar-refractivity contribution in [1.29, 1.82) is 0 Å². The van der Waals surface area contributed by atoms with Crippen LogP contribution < -0.4 is 5.32 Å². The summed E-state index contributed by atoms with van der Waals surface area (Å²) in [5.41, 5.74) is 4.10. The maximum atomic E-state index is 11.0. The van der Waals surface area contributed by atoms with E-state index < -0.39 is 6.61 Å². The second-order valence-corrected chi connectivity index (χ2v) is 5.50.